The van der Waals surface area contributed by atoms with Crippen molar-refractivity contribution in [2.75, 3.05) is 17.8 Å². The summed E-state index contributed by atoms with van der Waals surface area (Å²) in [7, 11) is -3.77. The number of nitrogens with zero attached hydrogens (tertiary/aromatic N) is 1. The standard InChI is InChI=1S/C26H35N3O4S/c1-4-8-20-12-14-24(15-13-20)34(32,33)28-23-11-6-9-21(17-23)26(31)29-16-7-10-22(18-29)25(30)27-19(3)5-2/h6,9,11-15,17,19,22,28H,4-5,7-8,10,16,18H2,1-3H3,(H,27,30). The predicted octanol–water partition coefficient (Wildman–Crippen LogP) is 4.21. The monoisotopic (exact) mass is 485 g/mol. The maximum atomic E-state index is 13.2. The second-order valence-electron chi connectivity index (χ2n) is 8.99. The van der Waals surface area contributed by atoms with Crippen LogP contribution in [0.4, 0.5) is 5.69 Å². The van der Waals surface area contributed by atoms with Gasteiger partial charge in [0, 0.05) is 30.4 Å². The van der Waals surface area contributed by atoms with Gasteiger partial charge in [0.15, 0.2) is 0 Å². The van der Waals surface area contributed by atoms with E-state index in [0.717, 1.165) is 37.7 Å². The lowest BCUT2D eigenvalue weighted by Crippen LogP contribution is -2.47. The predicted molar refractivity (Wildman–Crippen MR) is 134 cm³/mol. The van der Waals surface area contributed by atoms with E-state index in [4.69, 9.17) is 0 Å². The van der Waals surface area contributed by atoms with E-state index in [1.807, 2.05) is 26.0 Å². The summed E-state index contributed by atoms with van der Waals surface area (Å²) in [5.74, 6) is -0.451. The van der Waals surface area contributed by atoms with Gasteiger partial charge in [0.25, 0.3) is 15.9 Å². The molecule has 1 fully saturated rings. The second-order valence-corrected chi connectivity index (χ2v) is 10.7. The first-order chi connectivity index (χ1) is 16.2. The molecule has 2 atom stereocenters. The molecule has 1 aliphatic heterocycles. The van der Waals surface area contributed by atoms with Crippen LogP contribution in [0.25, 0.3) is 0 Å². The molecule has 2 aromatic carbocycles. The first kappa shape index (κ1) is 25.7. The minimum absolute atomic E-state index is 0.0154. The third kappa shape index (κ3) is 6.59. The smallest absolute Gasteiger partial charge is 0.261 e. The van der Waals surface area contributed by atoms with Gasteiger partial charge in [-0.15, -0.1) is 0 Å². The van der Waals surface area contributed by atoms with E-state index in [-0.39, 0.29) is 28.7 Å². The molecule has 1 heterocycles. The highest BCUT2D eigenvalue weighted by molar-refractivity contribution is 7.92. The molecule has 0 aliphatic carbocycles. The van der Waals surface area contributed by atoms with Crippen molar-refractivity contribution in [2.45, 2.75) is 63.8 Å². The van der Waals surface area contributed by atoms with Gasteiger partial charge in [0.2, 0.25) is 5.91 Å². The third-order valence-corrected chi connectivity index (χ3v) is 7.61. The Labute approximate surface area is 203 Å². The summed E-state index contributed by atoms with van der Waals surface area (Å²) in [5.41, 5.74) is 1.81. The molecule has 184 valence electrons. The van der Waals surface area contributed by atoms with Crippen LogP contribution in [-0.2, 0) is 21.2 Å². The summed E-state index contributed by atoms with van der Waals surface area (Å²) in [5, 5.41) is 3.01. The third-order valence-electron chi connectivity index (χ3n) is 6.21. The number of nitrogens with one attached hydrogen (secondary N) is 2. The molecule has 2 unspecified atom stereocenters. The fourth-order valence-corrected chi connectivity index (χ4v) is 5.12. The summed E-state index contributed by atoms with van der Waals surface area (Å²) >= 11 is 0. The van der Waals surface area contributed by atoms with E-state index in [0.29, 0.717) is 24.3 Å². The average molecular weight is 486 g/mol. The van der Waals surface area contributed by atoms with Gasteiger partial charge in [0.05, 0.1) is 10.8 Å². The largest absolute Gasteiger partial charge is 0.353 e. The fraction of sp³-hybridized carbons (Fsp3) is 0.462. The Kier molecular flexibility index (Phi) is 8.72. The Morgan fingerprint density at radius 2 is 1.85 bits per heavy atom. The number of benzene rings is 2. The summed E-state index contributed by atoms with van der Waals surface area (Å²) in [6, 6.07) is 13.4. The normalized spacial score (nSPS) is 17.1. The minimum atomic E-state index is -3.77. The molecule has 0 bridgehead atoms. The van der Waals surface area contributed by atoms with Gasteiger partial charge in [-0.1, -0.05) is 38.5 Å². The zero-order valence-corrected chi connectivity index (χ0v) is 21.0. The highest BCUT2D eigenvalue weighted by atomic mass is 32.2. The van der Waals surface area contributed by atoms with Gasteiger partial charge in [-0.2, -0.15) is 0 Å². The van der Waals surface area contributed by atoms with E-state index < -0.39 is 10.0 Å². The quantitative estimate of drug-likeness (QED) is 0.556. The van der Waals surface area contributed by atoms with Crippen LogP contribution < -0.4 is 10.0 Å². The molecule has 7 nitrogen and oxygen atoms in total. The van der Waals surface area contributed by atoms with Gasteiger partial charge in [-0.3, -0.25) is 14.3 Å². The highest BCUT2D eigenvalue weighted by Gasteiger charge is 2.29. The molecule has 0 saturated carbocycles. The van der Waals surface area contributed by atoms with Crippen LogP contribution in [0.15, 0.2) is 53.4 Å². The number of carbonyl (C=O) groups excluding carboxylic acids is 2. The first-order valence-corrected chi connectivity index (χ1v) is 13.5. The van der Waals surface area contributed by atoms with E-state index in [9.17, 15) is 18.0 Å². The maximum Gasteiger partial charge on any atom is 0.261 e. The van der Waals surface area contributed by atoms with Crippen molar-refractivity contribution in [2.24, 2.45) is 5.92 Å². The zero-order valence-electron chi connectivity index (χ0n) is 20.2. The summed E-state index contributed by atoms with van der Waals surface area (Å²) in [6.07, 6.45) is 4.25. The Balaban J connectivity index is 1.69. The number of aryl methyl sites for hydroxylation is 1. The summed E-state index contributed by atoms with van der Waals surface area (Å²) < 4.78 is 28.2. The molecule has 2 aromatic rings. The van der Waals surface area contributed by atoms with Crippen LogP contribution in [0.5, 0.6) is 0 Å². The minimum Gasteiger partial charge on any atom is -0.353 e. The van der Waals surface area contributed by atoms with Gasteiger partial charge < -0.3 is 10.2 Å². The molecule has 1 aliphatic rings. The number of hydrogen-bond acceptors (Lipinski definition) is 4. The molecule has 0 spiro atoms. The zero-order chi connectivity index (χ0) is 24.7. The summed E-state index contributed by atoms with van der Waals surface area (Å²) in [4.78, 5) is 27.6. The number of amides is 2. The topological polar surface area (TPSA) is 95.6 Å². The molecule has 0 aromatic heterocycles. The fourth-order valence-electron chi connectivity index (χ4n) is 4.07. The van der Waals surface area contributed by atoms with Crippen molar-refractivity contribution in [1.29, 1.82) is 0 Å². The van der Waals surface area contributed by atoms with Gasteiger partial charge >= 0.3 is 0 Å². The van der Waals surface area contributed by atoms with Crippen molar-refractivity contribution < 1.29 is 18.0 Å². The number of anilines is 1. The SMILES string of the molecule is CCCc1ccc(S(=O)(=O)Nc2cccc(C(=O)N3CCCC(C(=O)NC(C)CC)C3)c2)cc1. The molecular weight excluding hydrogens is 450 g/mol. The molecule has 2 N–H and O–H groups in total. The number of piperidine rings is 1. The lowest BCUT2D eigenvalue weighted by molar-refractivity contribution is -0.126. The maximum absolute atomic E-state index is 13.2. The van der Waals surface area contributed by atoms with Crippen molar-refractivity contribution >= 4 is 27.5 Å². The number of rotatable bonds is 9. The summed E-state index contributed by atoms with van der Waals surface area (Å²) in [6.45, 7) is 7.00. The van der Waals surface area contributed by atoms with Crippen LogP contribution in [0.2, 0.25) is 0 Å². The van der Waals surface area contributed by atoms with E-state index >= 15 is 0 Å². The van der Waals surface area contributed by atoms with Crippen molar-refractivity contribution in [3.63, 3.8) is 0 Å². The highest BCUT2D eigenvalue weighted by Crippen LogP contribution is 2.22. The van der Waals surface area contributed by atoms with Crippen molar-refractivity contribution in [1.82, 2.24) is 10.2 Å². The Hall–Kier alpha value is -2.87. The Morgan fingerprint density at radius 1 is 1.12 bits per heavy atom. The molecular formula is C26H35N3O4S. The van der Waals surface area contributed by atoms with Crippen molar-refractivity contribution in [3.05, 3.63) is 59.7 Å². The second kappa shape index (κ2) is 11.5. The molecule has 2 amide bonds. The number of carbonyl (C=O) groups is 2. The van der Waals surface area contributed by atoms with Crippen molar-refractivity contribution in [3.8, 4) is 0 Å². The lowest BCUT2D eigenvalue weighted by atomic mass is 9.96. The van der Waals surface area contributed by atoms with Crippen LogP contribution >= 0.6 is 0 Å². The van der Waals surface area contributed by atoms with Gasteiger partial charge in [0.1, 0.15) is 0 Å². The Morgan fingerprint density at radius 3 is 2.53 bits per heavy atom. The molecule has 8 heteroatoms. The first-order valence-electron chi connectivity index (χ1n) is 12.0. The average Bonchev–Trinajstić information content (AvgIpc) is 2.84. The van der Waals surface area contributed by atoms with Crippen LogP contribution in [0.1, 0.15) is 62.4 Å². The van der Waals surface area contributed by atoms with Gasteiger partial charge in [-0.05, 0) is 68.5 Å². The van der Waals surface area contributed by atoms with Crippen LogP contribution in [0.3, 0.4) is 0 Å². The van der Waals surface area contributed by atoms with E-state index in [2.05, 4.69) is 17.0 Å². The number of sulfonamides is 1. The number of hydrogen-bond donors (Lipinski definition) is 2. The van der Waals surface area contributed by atoms with E-state index in [1.165, 1.54) is 0 Å². The molecule has 1 saturated heterocycles. The van der Waals surface area contributed by atoms with Gasteiger partial charge in [-0.25, -0.2) is 8.42 Å². The Bertz CT molecular complexity index is 1100. The molecule has 0 radical (unpaired) electrons. The van der Waals surface area contributed by atoms with E-state index in [1.54, 1.807) is 41.3 Å². The number of likely N-dealkylation sites (tertiary alicyclic amines) is 1. The van der Waals surface area contributed by atoms with Crippen LogP contribution in [0, 0.1) is 5.92 Å². The van der Waals surface area contributed by atoms with Crippen LogP contribution in [-0.4, -0.2) is 44.3 Å². The molecule has 34 heavy (non-hydrogen) atoms. The molecule has 3 rings (SSSR count). The lowest BCUT2D eigenvalue weighted by Gasteiger charge is -2.32.